The van der Waals surface area contributed by atoms with Crippen LogP contribution in [0.15, 0.2) is 18.7 Å². The lowest BCUT2D eigenvalue weighted by atomic mass is 9.97. The van der Waals surface area contributed by atoms with Crippen molar-refractivity contribution in [2.45, 2.75) is 39.3 Å². The molecule has 1 aromatic heterocycles. The van der Waals surface area contributed by atoms with Crippen LogP contribution in [0.1, 0.15) is 26.7 Å². The molecule has 106 valence electrons. The van der Waals surface area contributed by atoms with Crippen LogP contribution in [0.25, 0.3) is 0 Å². The normalized spacial score (nSPS) is 17.8. The Hall–Kier alpha value is -1.36. The van der Waals surface area contributed by atoms with Gasteiger partial charge in [-0.3, -0.25) is 9.69 Å². The summed E-state index contributed by atoms with van der Waals surface area (Å²) in [6.07, 6.45) is 8.04. The standard InChI is InChI=1S/C14H24N4O/c1-12(2)16-14(19)10-17-6-3-13(4-7-17)9-18-8-5-15-11-18/h5,8,11-13H,3-4,6-7,9-10H2,1-2H3,(H,16,19). The molecule has 1 N–H and O–H groups in total. The summed E-state index contributed by atoms with van der Waals surface area (Å²) in [4.78, 5) is 18.0. The van der Waals surface area contributed by atoms with Crippen molar-refractivity contribution in [2.24, 2.45) is 5.92 Å². The quantitative estimate of drug-likeness (QED) is 0.867. The maximum Gasteiger partial charge on any atom is 0.234 e. The number of nitrogens with one attached hydrogen (secondary N) is 1. The summed E-state index contributed by atoms with van der Waals surface area (Å²) in [5, 5.41) is 2.94. The first-order valence-corrected chi connectivity index (χ1v) is 7.11. The smallest absolute Gasteiger partial charge is 0.234 e. The van der Waals surface area contributed by atoms with Crippen molar-refractivity contribution in [1.82, 2.24) is 19.8 Å². The van der Waals surface area contributed by atoms with E-state index in [1.165, 1.54) is 0 Å². The third-order valence-corrected chi connectivity index (χ3v) is 3.55. The van der Waals surface area contributed by atoms with Gasteiger partial charge in [0.25, 0.3) is 0 Å². The highest BCUT2D eigenvalue weighted by Gasteiger charge is 2.21. The molecule has 5 heteroatoms. The number of hydrogen-bond donors (Lipinski definition) is 1. The van der Waals surface area contributed by atoms with E-state index in [0.29, 0.717) is 12.5 Å². The molecule has 0 spiro atoms. The zero-order valence-electron chi connectivity index (χ0n) is 11.9. The molecule has 0 radical (unpaired) electrons. The summed E-state index contributed by atoms with van der Waals surface area (Å²) >= 11 is 0. The zero-order chi connectivity index (χ0) is 13.7. The van der Waals surface area contributed by atoms with Crippen molar-refractivity contribution < 1.29 is 4.79 Å². The fraction of sp³-hybridized carbons (Fsp3) is 0.714. The summed E-state index contributed by atoms with van der Waals surface area (Å²) in [5.41, 5.74) is 0. The molecule has 1 aliphatic heterocycles. The van der Waals surface area contributed by atoms with Gasteiger partial charge >= 0.3 is 0 Å². The lowest BCUT2D eigenvalue weighted by Gasteiger charge is -2.31. The van der Waals surface area contributed by atoms with E-state index in [4.69, 9.17) is 0 Å². The lowest BCUT2D eigenvalue weighted by Crippen LogP contribution is -2.43. The summed E-state index contributed by atoms with van der Waals surface area (Å²) in [6, 6.07) is 0.228. The van der Waals surface area contributed by atoms with E-state index >= 15 is 0 Å². The Bertz CT molecular complexity index is 380. The molecule has 0 unspecified atom stereocenters. The van der Waals surface area contributed by atoms with Gasteiger partial charge in [0, 0.05) is 25.0 Å². The van der Waals surface area contributed by atoms with E-state index in [9.17, 15) is 4.79 Å². The van der Waals surface area contributed by atoms with Gasteiger partial charge in [-0.25, -0.2) is 4.98 Å². The minimum absolute atomic E-state index is 0.142. The average molecular weight is 264 g/mol. The van der Waals surface area contributed by atoms with Crippen molar-refractivity contribution in [3.8, 4) is 0 Å². The highest BCUT2D eigenvalue weighted by molar-refractivity contribution is 5.78. The van der Waals surface area contributed by atoms with Crippen LogP contribution in [0.3, 0.4) is 0 Å². The average Bonchev–Trinajstić information content (AvgIpc) is 2.83. The second-order valence-corrected chi connectivity index (χ2v) is 5.70. The molecule has 2 rings (SSSR count). The van der Waals surface area contributed by atoms with E-state index in [2.05, 4.69) is 19.8 Å². The number of imidazole rings is 1. The molecule has 1 fully saturated rings. The van der Waals surface area contributed by atoms with E-state index in [1.54, 1.807) is 0 Å². The maximum absolute atomic E-state index is 11.7. The number of carbonyl (C=O) groups excluding carboxylic acids is 1. The van der Waals surface area contributed by atoms with E-state index in [1.807, 2.05) is 32.6 Å². The topological polar surface area (TPSA) is 50.2 Å². The Labute approximate surface area is 115 Å². The van der Waals surface area contributed by atoms with Gasteiger partial charge in [-0.05, 0) is 45.7 Å². The number of nitrogens with zero attached hydrogens (tertiary/aromatic N) is 3. The third kappa shape index (κ3) is 4.67. The van der Waals surface area contributed by atoms with Crippen molar-refractivity contribution in [2.75, 3.05) is 19.6 Å². The molecule has 0 aromatic carbocycles. The number of amides is 1. The molecular weight excluding hydrogens is 240 g/mol. The molecule has 0 saturated carbocycles. The van der Waals surface area contributed by atoms with E-state index in [-0.39, 0.29) is 11.9 Å². The lowest BCUT2D eigenvalue weighted by molar-refractivity contribution is -0.123. The highest BCUT2D eigenvalue weighted by Crippen LogP contribution is 2.18. The number of likely N-dealkylation sites (tertiary alicyclic amines) is 1. The van der Waals surface area contributed by atoms with Gasteiger partial charge in [0.05, 0.1) is 12.9 Å². The first-order chi connectivity index (χ1) is 9.13. The molecule has 1 saturated heterocycles. The minimum atomic E-state index is 0.142. The fourth-order valence-corrected chi connectivity index (χ4v) is 2.59. The van der Waals surface area contributed by atoms with Crippen molar-refractivity contribution in [3.63, 3.8) is 0 Å². The highest BCUT2D eigenvalue weighted by atomic mass is 16.2. The zero-order valence-corrected chi connectivity index (χ0v) is 11.9. The Kier molecular flexibility index (Phi) is 4.96. The summed E-state index contributed by atoms with van der Waals surface area (Å²) in [5.74, 6) is 0.849. The van der Waals surface area contributed by atoms with Crippen molar-refractivity contribution in [1.29, 1.82) is 0 Å². The maximum atomic E-state index is 11.7. The van der Waals surface area contributed by atoms with Gasteiger partial charge in [-0.15, -0.1) is 0 Å². The summed E-state index contributed by atoms with van der Waals surface area (Å²) in [6.45, 7) is 7.61. The van der Waals surface area contributed by atoms with Gasteiger partial charge in [-0.2, -0.15) is 0 Å². The summed E-state index contributed by atoms with van der Waals surface area (Å²) < 4.78 is 2.14. The van der Waals surface area contributed by atoms with Gasteiger partial charge in [0.15, 0.2) is 0 Å². The van der Waals surface area contributed by atoms with Gasteiger partial charge in [0.1, 0.15) is 0 Å². The van der Waals surface area contributed by atoms with Gasteiger partial charge in [-0.1, -0.05) is 0 Å². The molecule has 0 aliphatic carbocycles. The second kappa shape index (κ2) is 6.70. The number of aromatic nitrogens is 2. The Balaban J connectivity index is 1.69. The van der Waals surface area contributed by atoms with Crippen LogP contribution < -0.4 is 5.32 Å². The molecule has 0 bridgehead atoms. The van der Waals surface area contributed by atoms with Gasteiger partial charge in [0.2, 0.25) is 5.91 Å². The molecule has 19 heavy (non-hydrogen) atoms. The van der Waals surface area contributed by atoms with Crippen LogP contribution in [0.5, 0.6) is 0 Å². The second-order valence-electron chi connectivity index (χ2n) is 5.70. The van der Waals surface area contributed by atoms with Crippen LogP contribution in [-0.4, -0.2) is 46.0 Å². The van der Waals surface area contributed by atoms with Crippen LogP contribution in [0, 0.1) is 5.92 Å². The molecule has 1 aliphatic rings. The molecule has 2 heterocycles. The predicted molar refractivity (Wildman–Crippen MR) is 74.7 cm³/mol. The number of carbonyl (C=O) groups is 1. The minimum Gasteiger partial charge on any atom is -0.353 e. The SMILES string of the molecule is CC(C)NC(=O)CN1CCC(Cn2ccnc2)CC1. The Morgan fingerprint density at radius 1 is 1.42 bits per heavy atom. The van der Waals surface area contributed by atoms with Crippen molar-refractivity contribution in [3.05, 3.63) is 18.7 Å². The number of rotatable bonds is 5. The first kappa shape index (κ1) is 14.1. The first-order valence-electron chi connectivity index (χ1n) is 7.11. The number of piperidine rings is 1. The van der Waals surface area contributed by atoms with Crippen LogP contribution in [0.2, 0.25) is 0 Å². The third-order valence-electron chi connectivity index (χ3n) is 3.55. The van der Waals surface area contributed by atoms with Crippen LogP contribution >= 0.6 is 0 Å². The molecular formula is C14H24N4O. The monoisotopic (exact) mass is 264 g/mol. The Morgan fingerprint density at radius 2 is 2.16 bits per heavy atom. The molecule has 1 aromatic rings. The van der Waals surface area contributed by atoms with Crippen molar-refractivity contribution >= 4 is 5.91 Å². The predicted octanol–water partition coefficient (Wildman–Crippen LogP) is 1.12. The summed E-state index contributed by atoms with van der Waals surface area (Å²) in [7, 11) is 0. The van der Waals surface area contributed by atoms with Gasteiger partial charge < -0.3 is 9.88 Å². The largest absolute Gasteiger partial charge is 0.353 e. The fourth-order valence-electron chi connectivity index (χ4n) is 2.59. The molecule has 0 atom stereocenters. The van der Waals surface area contributed by atoms with E-state index in [0.717, 1.165) is 32.5 Å². The van der Waals surface area contributed by atoms with Crippen LogP contribution in [0.4, 0.5) is 0 Å². The van der Waals surface area contributed by atoms with Crippen LogP contribution in [-0.2, 0) is 11.3 Å². The Morgan fingerprint density at radius 3 is 2.74 bits per heavy atom. The number of hydrogen-bond acceptors (Lipinski definition) is 3. The molecule has 1 amide bonds. The van der Waals surface area contributed by atoms with E-state index < -0.39 is 0 Å². The molecule has 5 nitrogen and oxygen atoms in total.